The molecular formula is C20H17ClN2O4. The van der Waals surface area contributed by atoms with E-state index in [0.717, 1.165) is 11.1 Å². The highest BCUT2D eigenvalue weighted by Gasteiger charge is 2.13. The standard InChI is InChI=1S/C20H17ClN2O4/c1-13-3-2-4-16(11-13)26-12-19(24)22-23-20(25)18-10-9-17(27-18)14-5-7-15(21)8-6-14/h2-11H,12H2,1H3,(H,22,24)(H,23,25). The van der Waals surface area contributed by atoms with E-state index in [1.54, 1.807) is 36.4 Å². The van der Waals surface area contributed by atoms with Gasteiger partial charge in [0.1, 0.15) is 11.5 Å². The molecule has 27 heavy (non-hydrogen) atoms. The molecule has 0 atom stereocenters. The van der Waals surface area contributed by atoms with Crippen LogP contribution in [-0.4, -0.2) is 18.4 Å². The lowest BCUT2D eigenvalue weighted by Gasteiger charge is -2.08. The average molecular weight is 385 g/mol. The summed E-state index contributed by atoms with van der Waals surface area (Å²) in [5.74, 6) is 0.106. The van der Waals surface area contributed by atoms with E-state index < -0.39 is 11.8 Å². The first-order valence-electron chi connectivity index (χ1n) is 8.16. The number of halogens is 1. The van der Waals surface area contributed by atoms with Crippen molar-refractivity contribution in [3.8, 4) is 17.1 Å². The molecule has 1 heterocycles. The number of hydrogen-bond acceptors (Lipinski definition) is 4. The van der Waals surface area contributed by atoms with E-state index in [1.807, 2.05) is 25.1 Å². The van der Waals surface area contributed by atoms with Gasteiger partial charge in [-0.3, -0.25) is 20.4 Å². The van der Waals surface area contributed by atoms with E-state index >= 15 is 0 Å². The van der Waals surface area contributed by atoms with Crippen LogP contribution in [0.3, 0.4) is 0 Å². The second kappa shape index (κ2) is 8.42. The molecular weight excluding hydrogens is 368 g/mol. The number of carbonyl (C=O) groups excluding carboxylic acids is 2. The smallest absolute Gasteiger partial charge is 0.305 e. The lowest BCUT2D eigenvalue weighted by molar-refractivity contribution is -0.123. The summed E-state index contributed by atoms with van der Waals surface area (Å²) >= 11 is 5.85. The summed E-state index contributed by atoms with van der Waals surface area (Å²) in [5, 5.41) is 0.610. The third-order valence-electron chi connectivity index (χ3n) is 3.63. The van der Waals surface area contributed by atoms with Gasteiger partial charge in [0.15, 0.2) is 12.4 Å². The molecule has 0 aliphatic rings. The SMILES string of the molecule is Cc1cccc(OCC(=O)NNC(=O)c2ccc(-c3ccc(Cl)cc3)o2)c1. The fourth-order valence-electron chi connectivity index (χ4n) is 2.31. The third kappa shape index (κ3) is 5.12. The van der Waals surface area contributed by atoms with Gasteiger partial charge in [-0.05, 0) is 61.0 Å². The summed E-state index contributed by atoms with van der Waals surface area (Å²) in [6.07, 6.45) is 0. The predicted octanol–water partition coefficient (Wildman–Crippen LogP) is 3.75. The highest BCUT2D eigenvalue weighted by Crippen LogP contribution is 2.23. The van der Waals surface area contributed by atoms with Gasteiger partial charge >= 0.3 is 5.91 Å². The minimum absolute atomic E-state index is 0.0693. The Hall–Kier alpha value is -3.25. The Balaban J connectivity index is 1.50. The topological polar surface area (TPSA) is 80.6 Å². The first-order chi connectivity index (χ1) is 13.0. The second-order valence-electron chi connectivity index (χ2n) is 5.78. The van der Waals surface area contributed by atoms with E-state index in [1.165, 1.54) is 6.07 Å². The lowest BCUT2D eigenvalue weighted by atomic mass is 10.2. The molecule has 0 unspecified atom stereocenters. The van der Waals surface area contributed by atoms with Gasteiger partial charge in [0, 0.05) is 10.6 Å². The first kappa shape index (κ1) is 18.5. The molecule has 7 heteroatoms. The van der Waals surface area contributed by atoms with Crippen molar-refractivity contribution in [1.29, 1.82) is 0 Å². The number of ether oxygens (including phenoxy) is 1. The molecule has 0 bridgehead atoms. The molecule has 0 saturated heterocycles. The van der Waals surface area contributed by atoms with Gasteiger partial charge in [0.05, 0.1) is 0 Å². The fraction of sp³-hybridized carbons (Fsp3) is 0.100. The van der Waals surface area contributed by atoms with Crippen LogP contribution in [0.15, 0.2) is 65.1 Å². The average Bonchev–Trinajstić information content (AvgIpc) is 3.15. The number of rotatable bonds is 5. The second-order valence-corrected chi connectivity index (χ2v) is 6.21. The summed E-state index contributed by atoms with van der Waals surface area (Å²) in [7, 11) is 0. The molecule has 0 fully saturated rings. The van der Waals surface area contributed by atoms with E-state index in [0.29, 0.717) is 16.5 Å². The van der Waals surface area contributed by atoms with Gasteiger partial charge in [0.25, 0.3) is 5.91 Å². The summed E-state index contributed by atoms with van der Waals surface area (Å²) in [6.45, 7) is 1.70. The Morgan fingerprint density at radius 3 is 2.56 bits per heavy atom. The molecule has 3 aromatic rings. The van der Waals surface area contributed by atoms with Crippen molar-refractivity contribution in [1.82, 2.24) is 10.9 Å². The van der Waals surface area contributed by atoms with Crippen molar-refractivity contribution < 1.29 is 18.7 Å². The molecule has 6 nitrogen and oxygen atoms in total. The number of hydrogen-bond donors (Lipinski definition) is 2. The van der Waals surface area contributed by atoms with Crippen LogP contribution in [0.5, 0.6) is 5.75 Å². The van der Waals surface area contributed by atoms with Crippen LogP contribution in [0.4, 0.5) is 0 Å². The zero-order valence-electron chi connectivity index (χ0n) is 14.5. The Morgan fingerprint density at radius 2 is 1.81 bits per heavy atom. The Labute approximate surface area is 161 Å². The molecule has 0 aliphatic heterocycles. The molecule has 0 spiro atoms. The number of hydrazine groups is 1. The maximum Gasteiger partial charge on any atom is 0.305 e. The highest BCUT2D eigenvalue weighted by atomic mass is 35.5. The van der Waals surface area contributed by atoms with Crippen LogP contribution in [0, 0.1) is 6.92 Å². The van der Waals surface area contributed by atoms with Gasteiger partial charge in [-0.1, -0.05) is 23.7 Å². The van der Waals surface area contributed by atoms with Crippen LogP contribution < -0.4 is 15.6 Å². The van der Waals surface area contributed by atoms with Crippen molar-refractivity contribution in [2.24, 2.45) is 0 Å². The Kier molecular flexibility index (Phi) is 5.78. The molecule has 0 radical (unpaired) electrons. The minimum Gasteiger partial charge on any atom is -0.484 e. The van der Waals surface area contributed by atoms with E-state index in [4.69, 9.17) is 20.8 Å². The van der Waals surface area contributed by atoms with Crippen LogP contribution in [0.25, 0.3) is 11.3 Å². The zero-order valence-corrected chi connectivity index (χ0v) is 15.2. The Bertz CT molecular complexity index is 951. The van der Waals surface area contributed by atoms with Gasteiger partial charge < -0.3 is 9.15 Å². The van der Waals surface area contributed by atoms with E-state index in [9.17, 15) is 9.59 Å². The number of benzene rings is 2. The van der Waals surface area contributed by atoms with Crippen LogP contribution >= 0.6 is 11.6 Å². The summed E-state index contributed by atoms with van der Waals surface area (Å²) < 4.78 is 10.9. The molecule has 2 N–H and O–H groups in total. The highest BCUT2D eigenvalue weighted by molar-refractivity contribution is 6.30. The first-order valence-corrected chi connectivity index (χ1v) is 8.53. The molecule has 0 aliphatic carbocycles. The van der Waals surface area contributed by atoms with E-state index in [-0.39, 0.29) is 12.4 Å². The maximum absolute atomic E-state index is 12.1. The predicted molar refractivity (Wildman–Crippen MR) is 101 cm³/mol. The molecule has 2 amide bonds. The molecule has 1 aromatic heterocycles. The summed E-state index contributed by atoms with van der Waals surface area (Å²) in [4.78, 5) is 23.9. The third-order valence-corrected chi connectivity index (χ3v) is 3.89. The Morgan fingerprint density at radius 1 is 1.04 bits per heavy atom. The monoisotopic (exact) mass is 384 g/mol. The van der Waals surface area contributed by atoms with Gasteiger partial charge in [-0.15, -0.1) is 0 Å². The van der Waals surface area contributed by atoms with Crippen molar-refractivity contribution in [2.75, 3.05) is 6.61 Å². The van der Waals surface area contributed by atoms with Gasteiger partial charge in [0.2, 0.25) is 0 Å². The molecule has 2 aromatic carbocycles. The van der Waals surface area contributed by atoms with Crippen LogP contribution in [0.2, 0.25) is 5.02 Å². The van der Waals surface area contributed by atoms with Crippen molar-refractivity contribution in [2.45, 2.75) is 6.92 Å². The number of carbonyl (C=O) groups is 2. The molecule has 138 valence electrons. The summed E-state index contributed by atoms with van der Waals surface area (Å²) in [5.41, 5.74) is 6.38. The normalized spacial score (nSPS) is 10.3. The fourth-order valence-corrected chi connectivity index (χ4v) is 2.43. The van der Waals surface area contributed by atoms with Gasteiger partial charge in [-0.25, -0.2) is 0 Å². The zero-order chi connectivity index (χ0) is 19.2. The van der Waals surface area contributed by atoms with Gasteiger partial charge in [-0.2, -0.15) is 0 Å². The number of furan rings is 1. The van der Waals surface area contributed by atoms with Crippen molar-refractivity contribution >= 4 is 23.4 Å². The quantitative estimate of drug-likeness (QED) is 0.656. The minimum atomic E-state index is -0.570. The molecule has 3 rings (SSSR count). The number of nitrogens with one attached hydrogen (secondary N) is 2. The maximum atomic E-state index is 12.1. The van der Waals surface area contributed by atoms with Crippen LogP contribution in [-0.2, 0) is 4.79 Å². The van der Waals surface area contributed by atoms with Crippen LogP contribution in [0.1, 0.15) is 16.1 Å². The van der Waals surface area contributed by atoms with Crippen molar-refractivity contribution in [3.05, 3.63) is 77.0 Å². The summed E-state index contributed by atoms with van der Waals surface area (Å²) in [6, 6.07) is 17.5. The largest absolute Gasteiger partial charge is 0.484 e. The lowest BCUT2D eigenvalue weighted by Crippen LogP contribution is -2.43. The molecule has 0 saturated carbocycles. The van der Waals surface area contributed by atoms with E-state index in [2.05, 4.69) is 10.9 Å². The van der Waals surface area contributed by atoms with Crippen molar-refractivity contribution in [3.63, 3.8) is 0 Å². The number of aryl methyl sites for hydroxylation is 1. The number of amides is 2.